The van der Waals surface area contributed by atoms with E-state index in [0.29, 0.717) is 32.8 Å². The van der Waals surface area contributed by atoms with Crippen LogP contribution in [0.3, 0.4) is 0 Å². The van der Waals surface area contributed by atoms with Gasteiger partial charge in [-0.1, -0.05) is 27.2 Å². The topological polar surface area (TPSA) is 88.2 Å². The first-order valence-corrected chi connectivity index (χ1v) is 9.75. The van der Waals surface area contributed by atoms with E-state index >= 15 is 0 Å². The molecule has 1 aliphatic heterocycles. The molecule has 1 atom stereocenters. The van der Waals surface area contributed by atoms with Gasteiger partial charge >= 0.3 is 12.2 Å². The third kappa shape index (κ3) is 8.05. The fourth-order valence-corrected chi connectivity index (χ4v) is 2.65. The number of carbonyl (C=O) groups is 3. The lowest BCUT2D eigenvalue weighted by Crippen LogP contribution is -2.57. The second kappa shape index (κ2) is 10.4. The van der Waals surface area contributed by atoms with Gasteiger partial charge in [0.15, 0.2) is 0 Å². The monoisotopic (exact) mass is 385 g/mol. The maximum atomic E-state index is 12.8. The van der Waals surface area contributed by atoms with Crippen molar-refractivity contribution < 1.29 is 23.9 Å². The number of amides is 3. The van der Waals surface area contributed by atoms with Crippen LogP contribution in [0.15, 0.2) is 0 Å². The lowest BCUT2D eigenvalue weighted by molar-refractivity contribution is -0.136. The van der Waals surface area contributed by atoms with Crippen molar-refractivity contribution in [3.63, 3.8) is 0 Å². The number of nitrogens with zero attached hydrogens (tertiary/aromatic N) is 2. The van der Waals surface area contributed by atoms with Gasteiger partial charge in [-0.2, -0.15) is 0 Å². The number of alkyl carbamates (subject to hydrolysis) is 1. The molecule has 1 fully saturated rings. The second-order valence-corrected chi connectivity index (χ2v) is 8.15. The van der Waals surface area contributed by atoms with Crippen molar-refractivity contribution in [3.05, 3.63) is 0 Å². The molecule has 1 heterocycles. The molecule has 0 aromatic carbocycles. The van der Waals surface area contributed by atoms with Gasteiger partial charge in [0, 0.05) is 26.2 Å². The van der Waals surface area contributed by atoms with Crippen molar-refractivity contribution in [3.8, 4) is 0 Å². The van der Waals surface area contributed by atoms with E-state index in [1.54, 1.807) is 30.6 Å². The second-order valence-electron chi connectivity index (χ2n) is 8.15. The van der Waals surface area contributed by atoms with Gasteiger partial charge in [-0.3, -0.25) is 4.79 Å². The van der Waals surface area contributed by atoms with Crippen LogP contribution in [0.2, 0.25) is 0 Å². The van der Waals surface area contributed by atoms with E-state index in [4.69, 9.17) is 9.47 Å². The molecule has 0 aliphatic carbocycles. The lowest BCUT2D eigenvalue weighted by atomic mass is 10.0. The van der Waals surface area contributed by atoms with Gasteiger partial charge in [0.05, 0.1) is 6.61 Å². The maximum absolute atomic E-state index is 12.8. The van der Waals surface area contributed by atoms with Crippen molar-refractivity contribution in [1.82, 2.24) is 15.1 Å². The molecule has 8 nitrogen and oxygen atoms in total. The van der Waals surface area contributed by atoms with Gasteiger partial charge in [-0.15, -0.1) is 0 Å². The zero-order chi connectivity index (χ0) is 20.6. The summed E-state index contributed by atoms with van der Waals surface area (Å²) in [6, 6.07) is -0.664. The highest BCUT2D eigenvalue weighted by Gasteiger charge is 2.33. The minimum atomic E-state index is -0.664. The molecule has 1 rings (SSSR count). The first-order valence-electron chi connectivity index (χ1n) is 9.75. The number of hydrogen-bond donors (Lipinski definition) is 1. The molecule has 0 radical (unpaired) electrons. The van der Waals surface area contributed by atoms with Gasteiger partial charge in [-0.25, -0.2) is 9.59 Å². The number of nitrogens with one attached hydrogen (secondary N) is 1. The Balaban J connectivity index is 2.56. The van der Waals surface area contributed by atoms with Crippen LogP contribution < -0.4 is 5.32 Å². The van der Waals surface area contributed by atoms with Crippen molar-refractivity contribution in [1.29, 1.82) is 0 Å². The third-order valence-corrected chi connectivity index (χ3v) is 4.18. The molecule has 0 aromatic heterocycles. The summed E-state index contributed by atoms with van der Waals surface area (Å²) in [5.41, 5.74) is -0.627. The summed E-state index contributed by atoms with van der Waals surface area (Å²) in [7, 11) is 0. The quantitative estimate of drug-likeness (QED) is 0.710. The largest absolute Gasteiger partial charge is 0.449 e. The molecular weight excluding hydrogens is 350 g/mol. The molecule has 0 spiro atoms. The molecule has 27 heavy (non-hydrogen) atoms. The molecule has 156 valence electrons. The highest BCUT2D eigenvalue weighted by Crippen LogP contribution is 2.13. The molecule has 0 saturated carbocycles. The smallest absolute Gasteiger partial charge is 0.409 e. The first-order chi connectivity index (χ1) is 12.5. The van der Waals surface area contributed by atoms with Gasteiger partial charge < -0.3 is 24.6 Å². The molecular formula is C19H35N3O5. The first kappa shape index (κ1) is 23.0. The number of piperazine rings is 1. The van der Waals surface area contributed by atoms with E-state index in [0.717, 1.165) is 12.8 Å². The molecule has 1 aliphatic rings. The Morgan fingerprint density at radius 2 is 1.59 bits per heavy atom. The average Bonchev–Trinajstić information content (AvgIpc) is 2.57. The predicted molar refractivity (Wildman–Crippen MR) is 102 cm³/mol. The van der Waals surface area contributed by atoms with E-state index in [-0.39, 0.29) is 17.9 Å². The molecule has 0 aromatic rings. The summed E-state index contributed by atoms with van der Waals surface area (Å²) in [5.74, 6) is -0.239. The molecule has 1 N–H and O–H groups in total. The Kier molecular flexibility index (Phi) is 8.85. The Bertz CT molecular complexity index is 508. The van der Waals surface area contributed by atoms with Gasteiger partial charge in [0.25, 0.3) is 0 Å². The van der Waals surface area contributed by atoms with Crippen LogP contribution in [0.5, 0.6) is 0 Å². The summed E-state index contributed by atoms with van der Waals surface area (Å²) >= 11 is 0. The Morgan fingerprint density at radius 3 is 2.07 bits per heavy atom. The number of hydrogen-bond acceptors (Lipinski definition) is 5. The van der Waals surface area contributed by atoms with Crippen LogP contribution in [-0.2, 0) is 14.3 Å². The molecule has 1 unspecified atom stereocenters. The highest BCUT2D eigenvalue weighted by atomic mass is 16.6. The number of rotatable bonds is 6. The summed E-state index contributed by atoms with van der Waals surface area (Å²) < 4.78 is 10.5. The zero-order valence-electron chi connectivity index (χ0n) is 17.5. The van der Waals surface area contributed by atoms with E-state index in [9.17, 15) is 14.4 Å². The fourth-order valence-electron chi connectivity index (χ4n) is 2.65. The summed E-state index contributed by atoms with van der Waals surface area (Å²) in [5, 5.41) is 2.68. The molecule has 3 amide bonds. The van der Waals surface area contributed by atoms with Crippen molar-refractivity contribution >= 4 is 18.1 Å². The maximum Gasteiger partial charge on any atom is 0.409 e. The molecule has 0 bridgehead atoms. The van der Waals surface area contributed by atoms with Crippen LogP contribution in [0.4, 0.5) is 9.59 Å². The summed E-state index contributed by atoms with van der Waals surface area (Å²) in [6.07, 6.45) is 0.878. The minimum Gasteiger partial charge on any atom is -0.449 e. The standard InChI is InChI=1S/C19H35N3O5/c1-7-8-13-26-18(25)22-11-9-21(10-12-22)16(23)15(14(2)3)20-17(24)27-19(4,5)6/h14-15H,7-13H2,1-6H3,(H,20,24). The van der Waals surface area contributed by atoms with Crippen LogP contribution in [-0.4, -0.2) is 72.3 Å². The lowest BCUT2D eigenvalue weighted by Gasteiger charge is -2.36. The molecule has 8 heteroatoms. The van der Waals surface area contributed by atoms with Crippen LogP contribution in [0.25, 0.3) is 0 Å². The predicted octanol–water partition coefficient (Wildman–Crippen LogP) is 2.62. The Hall–Kier alpha value is -1.99. The van der Waals surface area contributed by atoms with E-state index < -0.39 is 17.7 Å². The van der Waals surface area contributed by atoms with Crippen LogP contribution in [0, 0.1) is 5.92 Å². The van der Waals surface area contributed by atoms with Crippen LogP contribution in [0.1, 0.15) is 54.4 Å². The normalized spacial score (nSPS) is 16.1. The van der Waals surface area contributed by atoms with Crippen molar-refractivity contribution in [2.45, 2.75) is 66.0 Å². The van der Waals surface area contributed by atoms with Crippen molar-refractivity contribution in [2.75, 3.05) is 32.8 Å². The van der Waals surface area contributed by atoms with Gasteiger partial charge in [-0.05, 0) is 33.1 Å². The van der Waals surface area contributed by atoms with E-state index in [1.807, 2.05) is 20.8 Å². The number of ether oxygens (including phenoxy) is 2. The zero-order valence-corrected chi connectivity index (χ0v) is 17.5. The van der Waals surface area contributed by atoms with Crippen molar-refractivity contribution in [2.24, 2.45) is 5.92 Å². The Labute approximate surface area is 162 Å². The number of carbonyl (C=O) groups excluding carboxylic acids is 3. The van der Waals surface area contributed by atoms with E-state index in [2.05, 4.69) is 5.32 Å². The summed E-state index contributed by atoms with van der Waals surface area (Å²) in [6.45, 7) is 13.2. The fraction of sp³-hybridized carbons (Fsp3) is 0.842. The number of unbranched alkanes of at least 4 members (excludes halogenated alkanes) is 1. The summed E-state index contributed by atoms with van der Waals surface area (Å²) in [4.78, 5) is 40.2. The average molecular weight is 386 g/mol. The molecule has 1 saturated heterocycles. The SMILES string of the molecule is CCCCOC(=O)N1CCN(C(=O)C(NC(=O)OC(C)(C)C)C(C)C)CC1. The highest BCUT2D eigenvalue weighted by molar-refractivity contribution is 5.86. The van der Waals surface area contributed by atoms with E-state index in [1.165, 1.54) is 0 Å². The third-order valence-electron chi connectivity index (χ3n) is 4.18. The van der Waals surface area contributed by atoms with Gasteiger partial charge in [0.2, 0.25) is 5.91 Å². The van der Waals surface area contributed by atoms with Crippen LogP contribution >= 0.6 is 0 Å². The Morgan fingerprint density at radius 1 is 1.04 bits per heavy atom. The van der Waals surface area contributed by atoms with Gasteiger partial charge in [0.1, 0.15) is 11.6 Å². The minimum absolute atomic E-state index is 0.0814.